The fraction of sp³-hybridized carbons (Fsp3) is 0.562. The lowest BCUT2D eigenvalue weighted by molar-refractivity contribution is -0.116. The molecule has 1 aromatic carbocycles. The van der Waals surface area contributed by atoms with E-state index in [1.807, 2.05) is 6.07 Å². The fourth-order valence-electron chi connectivity index (χ4n) is 2.80. The molecule has 1 aromatic rings. The van der Waals surface area contributed by atoms with Gasteiger partial charge in [-0.1, -0.05) is 43.8 Å². The highest BCUT2D eigenvalue weighted by atomic mass is 32.2. The molecule has 0 aromatic heterocycles. The van der Waals surface area contributed by atoms with Crippen molar-refractivity contribution >= 4 is 16.9 Å². The number of thioether (sulfide) groups is 1. The Morgan fingerprint density at radius 2 is 1.94 bits per heavy atom. The predicted molar refractivity (Wildman–Crippen MR) is 75.8 cm³/mol. The number of hydrogen-bond donors (Lipinski definition) is 0. The molecule has 0 spiro atoms. The van der Waals surface area contributed by atoms with Gasteiger partial charge in [-0.25, -0.2) is 0 Å². The molecule has 0 aliphatic heterocycles. The lowest BCUT2D eigenvalue weighted by Crippen LogP contribution is -2.14. The summed E-state index contributed by atoms with van der Waals surface area (Å²) >= 11 is 1.50. The van der Waals surface area contributed by atoms with Gasteiger partial charge in [-0.15, -0.1) is 0 Å². The van der Waals surface area contributed by atoms with Crippen molar-refractivity contribution in [3.05, 3.63) is 29.8 Å². The summed E-state index contributed by atoms with van der Waals surface area (Å²) in [7, 11) is 0. The quantitative estimate of drug-likeness (QED) is 0.735. The van der Waals surface area contributed by atoms with Gasteiger partial charge in [-0.05, 0) is 49.1 Å². The summed E-state index contributed by atoms with van der Waals surface area (Å²) in [5.74, 6) is 1.20. The number of benzene rings is 1. The Bertz CT molecular complexity index is 470. The van der Waals surface area contributed by atoms with Crippen LogP contribution in [0, 0.1) is 11.3 Å². The highest BCUT2D eigenvalue weighted by Crippen LogP contribution is 2.63. The van der Waals surface area contributed by atoms with E-state index in [1.165, 1.54) is 35.1 Å². The zero-order chi connectivity index (χ0) is 12.8. The maximum atomic E-state index is 12.5. The Hall–Kier alpha value is -0.760. The van der Waals surface area contributed by atoms with Crippen molar-refractivity contribution in [2.45, 2.75) is 50.3 Å². The van der Waals surface area contributed by atoms with Crippen molar-refractivity contribution in [2.24, 2.45) is 11.3 Å². The molecule has 18 heavy (non-hydrogen) atoms. The normalized spacial score (nSPS) is 21.1. The average molecular weight is 260 g/mol. The maximum Gasteiger partial charge on any atom is 0.200 e. The third kappa shape index (κ3) is 2.11. The van der Waals surface area contributed by atoms with Gasteiger partial charge in [-0.3, -0.25) is 4.79 Å². The van der Waals surface area contributed by atoms with Crippen molar-refractivity contribution in [1.82, 2.24) is 0 Å². The Labute approximate surface area is 113 Å². The first kappa shape index (κ1) is 12.3. The van der Waals surface area contributed by atoms with Crippen LogP contribution in [0.4, 0.5) is 0 Å². The number of rotatable bonds is 4. The molecule has 2 heteroatoms. The zero-order valence-corrected chi connectivity index (χ0v) is 11.9. The molecule has 0 unspecified atom stereocenters. The van der Waals surface area contributed by atoms with Crippen molar-refractivity contribution in [2.75, 3.05) is 0 Å². The van der Waals surface area contributed by atoms with Crippen LogP contribution in [0.25, 0.3) is 0 Å². The first-order chi connectivity index (χ1) is 8.63. The summed E-state index contributed by atoms with van der Waals surface area (Å²) in [5.41, 5.74) is 1.39. The molecule has 0 N–H and O–H groups in total. The SMILES string of the molecule is CC(C)c1ccccc1SC(=O)C1(C2CC2)CC1. The third-order valence-corrected chi connectivity index (χ3v) is 5.48. The molecule has 0 amide bonds. The van der Waals surface area contributed by atoms with Crippen LogP contribution in [0.3, 0.4) is 0 Å². The standard InChI is InChI=1S/C16H20OS/c1-11(2)13-5-3-4-6-14(13)18-15(17)16(9-10-16)12-7-8-12/h3-6,11-12H,7-10H2,1-2H3. The van der Waals surface area contributed by atoms with Crippen LogP contribution in [0.1, 0.15) is 51.0 Å². The van der Waals surface area contributed by atoms with Gasteiger partial charge in [0.2, 0.25) is 0 Å². The van der Waals surface area contributed by atoms with Gasteiger partial charge in [0.25, 0.3) is 0 Å². The zero-order valence-electron chi connectivity index (χ0n) is 11.1. The van der Waals surface area contributed by atoms with E-state index in [1.54, 1.807) is 0 Å². The van der Waals surface area contributed by atoms with Gasteiger partial charge in [0.1, 0.15) is 0 Å². The summed E-state index contributed by atoms with van der Waals surface area (Å²) in [6, 6.07) is 8.35. The molecule has 0 atom stereocenters. The Morgan fingerprint density at radius 3 is 2.50 bits per heavy atom. The van der Waals surface area contributed by atoms with E-state index < -0.39 is 0 Å². The van der Waals surface area contributed by atoms with Crippen molar-refractivity contribution in [3.63, 3.8) is 0 Å². The van der Waals surface area contributed by atoms with E-state index in [0.717, 1.165) is 12.8 Å². The van der Waals surface area contributed by atoms with Crippen LogP contribution in [-0.2, 0) is 4.79 Å². The summed E-state index contributed by atoms with van der Waals surface area (Å²) in [5, 5.41) is 0.429. The molecule has 0 saturated heterocycles. The van der Waals surface area contributed by atoms with Gasteiger partial charge >= 0.3 is 0 Å². The largest absolute Gasteiger partial charge is 0.286 e. The van der Waals surface area contributed by atoms with E-state index in [9.17, 15) is 4.79 Å². The Kier molecular flexibility index (Phi) is 3.01. The summed E-state index contributed by atoms with van der Waals surface area (Å²) in [6.45, 7) is 4.38. The van der Waals surface area contributed by atoms with E-state index in [2.05, 4.69) is 32.0 Å². The lowest BCUT2D eigenvalue weighted by atomic mass is 10.0. The van der Waals surface area contributed by atoms with Crippen LogP contribution < -0.4 is 0 Å². The molecule has 1 nitrogen and oxygen atoms in total. The summed E-state index contributed by atoms with van der Waals surface area (Å²) in [6.07, 6.45) is 4.82. The van der Waals surface area contributed by atoms with Gasteiger partial charge in [0, 0.05) is 10.3 Å². The Morgan fingerprint density at radius 1 is 1.28 bits per heavy atom. The number of carbonyl (C=O) groups excluding carboxylic acids is 1. The first-order valence-electron chi connectivity index (χ1n) is 6.95. The van der Waals surface area contributed by atoms with Gasteiger partial charge in [0.15, 0.2) is 5.12 Å². The van der Waals surface area contributed by atoms with E-state index in [-0.39, 0.29) is 5.41 Å². The van der Waals surface area contributed by atoms with Crippen LogP contribution in [0.5, 0.6) is 0 Å². The molecule has 96 valence electrons. The molecule has 2 fully saturated rings. The molecule has 2 aliphatic rings. The van der Waals surface area contributed by atoms with Crippen LogP contribution in [0.2, 0.25) is 0 Å². The molecular formula is C16H20OS. The number of hydrogen-bond acceptors (Lipinski definition) is 2. The van der Waals surface area contributed by atoms with Gasteiger partial charge in [-0.2, -0.15) is 0 Å². The fourth-order valence-corrected chi connectivity index (χ4v) is 4.14. The van der Waals surface area contributed by atoms with Crippen molar-refractivity contribution in [3.8, 4) is 0 Å². The Balaban J connectivity index is 1.78. The van der Waals surface area contributed by atoms with E-state index in [0.29, 0.717) is 17.0 Å². The van der Waals surface area contributed by atoms with Crippen molar-refractivity contribution in [1.29, 1.82) is 0 Å². The lowest BCUT2D eigenvalue weighted by Gasteiger charge is -2.15. The topological polar surface area (TPSA) is 17.1 Å². The average Bonchev–Trinajstić information content (AvgIpc) is 3.20. The molecule has 3 rings (SSSR count). The first-order valence-corrected chi connectivity index (χ1v) is 7.76. The summed E-state index contributed by atoms with van der Waals surface area (Å²) < 4.78 is 0. The minimum absolute atomic E-state index is 0.0781. The van der Waals surface area contributed by atoms with Gasteiger partial charge in [0.05, 0.1) is 0 Å². The minimum atomic E-state index is 0.0781. The van der Waals surface area contributed by atoms with Crippen molar-refractivity contribution < 1.29 is 4.79 Å². The second-order valence-corrected chi connectivity index (χ2v) is 7.03. The van der Waals surface area contributed by atoms with Crippen LogP contribution in [-0.4, -0.2) is 5.12 Å². The highest BCUT2D eigenvalue weighted by molar-refractivity contribution is 8.13. The molecule has 0 bridgehead atoms. The highest BCUT2D eigenvalue weighted by Gasteiger charge is 2.59. The molecule has 2 aliphatic carbocycles. The van der Waals surface area contributed by atoms with Crippen LogP contribution in [0.15, 0.2) is 29.2 Å². The van der Waals surface area contributed by atoms with E-state index >= 15 is 0 Å². The number of carbonyl (C=O) groups is 1. The monoisotopic (exact) mass is 260 g/mol. The summed E-state index contributed by atoms with van der Waals surface area (Å²) in [4.78, 5) is 13.7. The minimum Gasteiger partial charge on any atom is -0.286 e. The molecule has 0 heterocycles. The second-order valence-electron chi connectivity index (χ2n) is 6.01. The second kappa shape index (κ2) is 4.41. The maximum absolute atomic E-state index is 12.5. The van der Waals surface area contributed by atoms with Gasteiger partial charge < -0.3 is 0 Å². The molecule has 2 saturated carbocycles. The van der Waals surface area contributed by atoms with Crippen LogP contribution >= 0.6 is 11.8 Å². The molecule has 0 radical (unpaired) electrons. The molecular weight excluding hydrogens is 240 g/mol. The smallest absolute Gasteiger partial charge is 0.200 e. The third-order valence-electron chi connectivity index (χ3n) is 4.30. The predicted octanol–water partition coefficient (Wildman–Crippen LogP) is 4.62. The van der Waals surface area contributed by atoms with E-state index in [4.69, 9.17) is 0 Å².